The van der Waals surface area contributed by atoms with Crippen LogP contribution in [0.4, 0.5) is 0 Å². The summed E-state index contributed by atoms with van der Waals surface area (Å²) in [5.74, 6) is 0.0676. The Morgan fingerprint density at radius 3 is 2.62 bits per heavy atom. The van der Waals surface area contributed by atoms with E-state index < -0.39 is 0 Å². The van der Waals surface area contributed by atoms with Gasteiger partial charge in [0.25, 0.3) is 5.91 Å². The summed E-state index contributed by atoms with van der Waals surface area (Å²) in [5.41, 5.74) is 6.45. The molecule has 1 aliphatic rings. The van der Waals surface area contributed by atoms with Crippen LogP contribution in [-0.2, 0) is 6.54 Å². The summed E-state index contributed by atoms with van der Waals surface area (Å²) < 4.78 is 4.14. The molecule has 1 aromatic carbocycles. The van der Waals surface area contributed by atoms with Gasteiger partial charge in [-0.2, -0.15) is 5.10 Å². The summed E-state index contributed by atoms with van der Waals surface area (Å²) in [4.78, 5) is 20.8. The molecule has 5 rings (SSSR count). The SMILES string of the molecule is CCCC1c2cccn2CCN1C(=O)c1cc(C)nc2c1c(C)nn2-c1ccc(C)cc1. The van der Waals surface area contributed by atoms with Crippen molar-refractivity contribution >= 4 is 16.9 Å². The number of benzene rings is 1. The number of aromatic nitrogens is 4. The van der Waals surface area contributed by atoms with E-state index in [0.29, 0.717) is 12.1 Å². The molecule has 164 valence electrons. The summed E-state index contributed by atoms with van der Waals surface area (Å²) in [6, 6.07) is 14.5. The first-order valence-corrected chi connectivity index (χ1v) is 11.4. The van der Waals surface area contributed by atoms with Gasteiger partial charge >= 0.3 is 0 Å². The van der Waals surface area contributed by atoms with Crippen molar-refractivity contribution in [1.29, 1.82) is 0 Å². The van der Waals surface area contributed by atoms with E-state index in [2.05, 4.69) is 53.8 Å². The molecule has 0 saturated carbocycles. The van der Waals surface area contributed by atoms with Crippen LogP contribution in [0.2, 0.25) is 0 Å². The number of aryl methyl sites for hydroxylation is 3. The van der Waals surface area contributed by atoms with Gasteiger partial charge in [0.05, 0.1) is 28.4 Å². The van der Waals surface area contributed by atoms with E-state index in [9.17, 15) is 4.79 Å². The number of carbonyl (C=O) groups excluding carboxylic acids is 1. The van der Waals surface area contributed by atoms with Gasteiger partial charge in [-0.1, -0.05) is 31.0 Å². The lowest BCUT2D eigenvalue weighted by molar-refractivity contribution is 0.0612. The molecule has 0 fully saturated rings. The highest BCUT2D eigenvalue weighted by Gasteiger charge is 2.32. The number of nitrogens with zero attached hydrogens (tertiary/aromatic N) is 5. The number of fused-ring (bicyclic) bond motifs is 2. The first-order chi connectivity index (χ1) is 15.5. The van der Waals surface area contributed by atoms with Gasteiger partial charge in [0.1, 0.15) is 0 Å². The van der Waals surface area contributed by atoms with Crippen LogP contribution in [0.25, 0.3) is 16.7 Å². The van der Waals surface area contributed by atoms with Gasteiger partial charge in [0.2, 0.25) is 0 Å². The van der Waals surface area contributed by atoms with E-state index in [1.54, 1.807) is 0 Å². The van der Waals surface area contributed by atoms with E-state index in [-0.39, 0.29) is 11.9 Å². The van der Waals surface area contributed by atoms with Crippen LogP contribution in [0.5, 0.6) is 0 Å². The van der Waals surface area contributed by atoms with Crippen molar-refractivity contribution < 1.29 is 4.79 Å². The van der Waals surface area contributed by atoms with Gasteiger partial charge in [-0.3, -0.25) is 4.79 Å². The van der Waals surface area contributed by atoms with Crippen LogP contribution >= 0.6 is 0 Å². The van der Waals surface area contributed by atoms with Gasteiger partial charge in [-0.15, -0.1) is 0 Å². The normalized spacial score (nSPS) is 15.9. The molecule has 0 bridgehead atoms. The Bertz CT molecular complexity index is 1300. The minimum Gasteiger partial charge on any atom is -0.348 e. The van der Waals surface area contributed by atoms with Crippen molar-refractivity contribution in [1.82, 2.24) is 24.2 Å². The van der Waals surface area contributed by atoms with Gasteiger partial charge in [0, 0.05) is 30.7 Å². The average molecular weight is 428 g/mol. The number of pyridine rings is 1. The third-order valence-corrected chi connectivity index (χ3v) is 6.44. The molecular formula is C26H29N5O. The summed E-state index contributed by atoms with van der Waals surface area (Å²) in [5, 5.41) is 5.63. The highest BCUT2D eigenvalue weighted by atomic mass is 16.2. The highest BCUT2D eigenvalue weighted by molar-refractivity contribution is 6.07. The molecule has 6 heteroatoms. The molecule has 6 nitrogen and oxygen atoms in total. The molecule has 1 atom stereocenters. The summed E-state index contributed by atoms with van der Waals surface area (Å²) in [7, 11) is 0. The lowest BCUT2D eigenvalue weighted by atomic mass is 10.0. The van der Waals surface area contributed by atoms with Crippen molar-refractivity contribution in [2.45, 2.75) is 53.1 Å². The number of hydrogen-bond donors (Lipinski definition) is 0. The lowest BCUT2D eigenvalue weighted by Crippen LogP contribution is -2.42. The molecule has 0 spiro atoms. The summed E-state index contributed by atoms with van der Waals surface area (Å²) in [6.45, 7) is 9.68. The monoisotopic (exact) mass is 427 g/mol. The topological polar surface area (TPSA) is 56.0 Å². The van der Waals surface area contributed by atoms with Gasteiger partial charge < -0.3 is 9.47 Å². The number of carbonyl (C=O) groups is 1. The Morgan fingerprint density at radius 2 is 1.88 bits per heavy atom. The molecule has 0 N–H and O–H groups in total. The predicted octanol–water partition coefficient (Wildman–Crippen LogP) is 5.14. The van der Waals surface area contributed by atoms with Crippen molar-refractivity contribution in [2.24, 2.45) is 0 Å². The zero-order valence-electron chi connectivity index (χ0n) is 19.2. The third kappa shape index (κ3) is 3.30. The third-order valence-electron chi connectivity index (χ3n) is 6.44. The second-order valence-corrected chi connectivity index (χ2v) is 8.77. The number of amides is 1. The summed E-state index contributed by atoms with van der Waals surface area (Å²) in [6.07, 6.45) is 4.09. The molecule has 0 radical (unpaired) electrons. The fraction of sp³-hybridized carbons (Fsp3) is 0.346. The van der Waals surface area contributed by atoms with Crippen LogP contribution < -0.4 is 0 Å². The summed E-state index contributed by atoms with van der Waals surface area (Å²) >= 11 is 0. The number of hydrogen-bond acceptors (Lipinski definition) is 3. The Morgan fingerprint density at radius 1 is 1.09 bits per heavy atom. The zero-order valence-corrected chi connectivity index (χ0v) is 19.2. The van der Waals surface area contributed by atoms with Gasteiger partial charge in [-0.05, 0) is 57.5 Å². The van der Waals surface area contributed by atoms with Crippen LogP contribution in [-0.4, -0.2) is 36.7 Å². The average Bonchev–Trinajstić information content (AvgIpc) is 3.38. The van der Waals surface area contributed by atoms with Crippen molar-refractivity contribution in [3.05, 3.63) is 76.9 Å². The molecular weight excluding hydrogens is 398 g/mol. The molecule has 1 unspecified atom stereocenters. The molecule has 1 aliphatic heterocycles. The quantitative estimate of drug-likeness (QED) is 0.453. The second kappa shape index (κ2) is 7.93. The molecule has 1 amide bonds. The highest BCUT2D eigenvalue weighted by Crippen LogP contribution is 2.33. The lowest BCUT2D eigenvalue weighted by Gasteiger charge is -2.37. The maximum absolute atomic E-state index is 14.0. The first-order valence-electron chi connectivity index (χ1n) is 11.4. The first kappa shape index (κ1) is 20.5. The maximum Gasteiger partial charge on any atom is 0.255 e. The van der Waals surface area contributed by atoms with Crippen molar-refractivity contribution in [3.63, 3.8) is 0 Å². The molecule has 3 aromatic heterocycles. The van der Waals surface area contributed by atoms with E-state index >= 15 is 0 Å². The standard InChI is InChI=1S/C26H29N5O/c1-5-7-23-22-8-6-13-29(22)14-15-30(23)26(32)21-16-18(3)27-25-24(21)19(4)28-31(25)20-11-9-17(2)10-12-20/h6,8-13,16,23H,5,7,14-15H2,1-4H3. The van der Waals surface area contributed by atoms with E-state index in [1.807, 2.05) is 36.7 Å². The zero-order chi connectivity index (χ0) is 22.4. The fourth-order valence-corrected chi connectivity index (χ4v) is 4.89. The molecule has 0 aliphatic carbocycles. The van der Waals surface area contributed by atoms with E-state index in [1.165, 1.54) is 11.3 Å². The Hall–Kier alpha value is -3.41. The number of rotatable bonds is 4. The molecule has 4 heterocycles. The van der Waals surface area contributed by atoms with Crippen LogP contribution in [0.1, 0.15) is 58.8 Å². The van der Waals surface area contributed by atoms with Gasteiger partial charge in [-0.25, -0.2) is 9.67 Å². The predicted molar refractivity (Wildman–Crippen MR) is 126 cm³/mol. The Kier molecular flexibility index (Phi) is 5.08. The second-order valence-electron chi connectivity index (χ2n) is 8.77. The smallest absolute Gasteiger partial charge is 0.255 e. The van der Waals surface area contributed by atoms with Crippen molar-refractivity contribution in [2.75, 3.05) is 6.54 Å². The van der Waals surface area contributed by atoms with Gasteiger partial charge in [0.15, 0.2) is 5.65 Å². The minimum atomic E-state index is 0.0676. The molecule has 0 saturated heterocycles. The Balaban J connectivity index is 1.63. The fourth-order valence-electron chi connectivity index (χ4n) is 4.89. The van der Waals surface area contributed by atoms with E-state index in [0.717, 1.165) is 47.5 Å². The van der Waals surface area contributed by atoms with E-state index in [4.69, 9.17) is 10.1 Å². The van der Waals surface area contributed by atoms with Crippen LogP contribution in [0.15, 0.2) is 48.7 Å². The Labute approximate surface area is 188 Å². The maximum atomic E-state index is 14.0. The molecule has 32 heavy (non-hydrogen) atoms. The van der Waals surface area contributed by atoms with Crippen molar-refractivity contribution in [3.8, 4) is 5.69 Å². The minimum absolute atomic E-state index is 0.0676. The van der Waals surface area contributed by atoms with Crippen LogP contribution in [0, 0.1) is 20.8 Å². The largest absolute Gasteiger partial charge is 0.348 e. The molecule has 4 aromatic rings. The van der Waals surface area contributed by atoms with Crippen LogP contribution in [0.3, 0.4) is 0 Å².